The second-order valence-corrected chi connectivity index (χ2v) is 11.1. The van der Waals surface area contributed by atoms with Crippen molar-refractivity contribution in [3.8, 4) is 0 Å². The lowest BCUT2D eigenvalue weighted by atomic mass is 10.1. The van der Waals surface area contributed by atoms with Crippen LogP contribution in [0, 0.1) is 0 Å². The minimum Gasteiger partial charge on any atom is -0.461 e. The van der Waals surface area contributed by atoms with E-state index in [-0.39, 0.29) is 55.7 Å². The van der Waals surface area contributed by atoms with Crippen LogP contribution in [0.5, 0.6) is 0 Å². The van der Waals surface area contributed by atoms with E-state index in [2.05, 4.69) is 10.6 Å². The van der Waals surface area contributed by atoms with Crippen LogP contribution in [0.15, 0.2) is 59.5 Å². The Labute approximate surface area is 232 Å². The number of hydrogen-bond donors (Lipinski definition) is 3. The first-order valence-electron chi connectivity index (χ1n) is 12.8. The number of ether oxygens (including phenoxy) is 1. The molecule has 2 atom stereocenters. The molecule has 0 radical (unpaired) electrons. The third kappa shape index (κ3) is 7.88. The summed E-state index contributed by atoms with van der Waals surface area (Å²) in [7, 11) is -3.91. The van der Waals surface area contributed by atoms with Crippen molar-refractivity contribution >= 4 is 39.6 Å². The molecule has 1 aliphatic rings. The van der Waals surface area contributed by atoms with Crippen molar-refractivity contribution < 1.29 is 37.1 Å². The number of nitrogens with zero attached hydrogens (tertiary/aromatic N) is 1. The molecule has 13 heteroatoms. The van der Waals surface area contributed by atoms with Gasteiger partial charge in [-0.15, -0.1) is 0 Å². The average Bonchev–Trinajstić information content (AvgIpc) is 3.12. The molecule has 3 rings (SSSR count). The highest BCUT2D eigenvalue weighted by molar-refractivity contribution is 7.90. The topological polar surface area (TPSA) is 182 Å². The molecular weight excluding hydrogens is 540 g/mol. The van der Waals surface area contributed by atoms with E-state index in [1.807, 2.05) is 18.2 Å². The molecule has 0 unspecified atom stereocenters. The van der Waals surface area contributed by atoms with E-state index in [0.717, 1.165) is 9.87 Å². The summed E-state index contributed by atoms with van der Waals surface area (Å²) in [6.07, 6.45) is 0.278. The van der Waals surface area contributed by atoms with Crippen molar-refractivity contribution in [2.24, 2.45) is 5.73 Å². The van der Waals surface area contributed by atoms with Crippen LogP contribution in [0.1, 0.15) is 54.9 Å². The first kappa shape index (κ1) is 30.3. The van der Waals surface area contributed by atoms with Gasteiger partial charge in [0, 0.05) is 19.4 Å². The lowest BCUT2D eigenvalue weighted by Gasteiger charge is -2.19. The number of hydrogen-bond acceptors (Lipinski definition) is 8. The summed E-state index contributed by atoms with van der Waals surface area (Å²) in [4.78, 5) is 61.0. The van der Waals surface area contributed by atoms with E-state index < -0.39 is 51.7 Å². The minimum atomic E-state index is -3.91. The van der Waals surface area contributed by atoms with Crippen molar-refractivity contribution in [3.63, 3.8) is 0 Å². The summed E-state index contributed by atoms with van der Waals surface area (Å²) < 4.78 is 31.1. The van der Waals surface area contributed by atoms with Crippen LogP contribution < -0.4 is 16.4 Å². The van der Waals surface area contributed by atoms with Crippen molar-refractivity contribution in [3.05, 3.63) is 65.7 Å². The largest absolute Gasteiger partial charge is 0.461 e. The molecule has 0 bridgehead atoms. The fraction of sp³-hybridized carbons (Fsp3) is 0.370. The van der Waals surface area contributed by atoms with Gasteiger partial charge in [0.1, 0.15) is 23.6 Å². The first-order valence-corrected chi connectivity index (χ1v) is 14.2. The zero-order valence-corrected chi connectivity index (χ0v) is 22.8. The number of carbonyl (C=O) groups excluding carboxylic acids is 5. The molecule has 1 heterocycles. The Balaban J connectivity index is 1.37. The van der Waals surface area contributed by atoms with Crippen molar-refractivity contribution in [1.82, 2.24) is 14.9 Å². The van der Waals surface area contributed by atoms with E-state index in [1.54, 1.807) is 24.3 Å². The van der Waals surface area contributed by atoms with Gasteiger partial charge in [0.05, 0.1) is 5.56 Å². The zero-order chi connectivity index (χ0) is 29.3. The number of sulfonamides is 1. The van der Waals surface area contributed by atoms with Gasteiger partial charge in [-0.3, -0.25) is 24.0 Å². The van der Waals surface area contributed by atoms with Crippen molar-refractivity contribution in [2.45, 2.75) is 62.6 Å². The van der Waals surface area contributed by atoms with Crippen LogP contribution in [0.3, 0.4) is 0 Å². The third-order valence-electron chi connectivity index (χ3n) is 6.24. The molecule has 0 aliphatic carbocycles. The summed E-state index contributed by atoms with van der Waals surface area (Å²) in [6.45, 7) is 1.42. The van der Waals surface area contributed by atoms with E-state index in [0.29, 0.717) is 0 Å². The smallest absolute Gasteiger partial charge is 0.306 e. The number of carbonyl (C=O) groups is 5. The molecule has 12 nitrogen and oxygen atoms in total. The van der Waals surface area contributed by atoms with Gasteiger partial charge in [-0.1, -0.05) is 42.5 Å². The standard InChI is InChI=1S/C27H32N4O8S/c1-18(26(35)30-21(25(28)34)14-15-24(33)39-17-19-9-3-2-4-10-19)29-23(32)13-7-8-16-31-27(36)20-11-5-6-12-22(20)40(31,37)38/h2-6,9-12,18,21H,7-8,13-17H2,1H3,(H2,28,34)(H,29,32)(H,30,35)/t18-,21+/m0/s1. The van der Waals surface area contributed by atoms with E-state index >= 15 is 0 Å². The second-order valence-electron chi connectivity index (χ2n) is 9.27. The van der Waals surface area contributed by atoms with Crippen LogP contribution in [0.4, 0.5) is 0 Å². The molecule has 0 aromatic heterocycles. The Hall–Kier alpha value is -4.26. The lowest BCUT2D eigenvalue weighted by molar-refractivity contribution is -0.145. The number of esters is 1. The highest BCUT2D eigenvalue weighted by Crippen LogP contribution is 2.30. The molecule has 0 saturated carbocycles. The van der Waals surface area contributed by atoms with Gasteiger partial charge < -0.3 is 21.1 Å². The Bertz CT molecular complexity index is 1360. The molecule has 0 saturated heterocycles. The first-order chi connectivity index (χ1) is 19.0. The molecule has 4 N–H and O–H groups in total. The van der Waals surface area contributed by atoms with Crippen LogP contribution >= 0.6 is 0 Å². The molecular formula is C27H32N4O8S. The summed E-state index contributed by atoms with van der Waals surface area (Å²) in [6, 6.07) is 12.9. The maximum atomic E-state index is 12.6. The summed E-state index contributed by atoms with van der Waals surface area (Å²) in [5.41, 5.74) is 6.29. The van der Waals surface area contributed by atoms with Crippen molar-refractivity contribution in [1.29, 1.82) is 0 Å². The fourth-order valence-corrected chi connectivity index (χ4v) is 5.63. The third-order valence-corrected chi connectivity index (χ3v) is 8.08. The fourth-order valence-electron chi connectivity index (χ4n) is 4.03. The Kier molecular flexibility index (Phi) is 10.4. The van der Waals surface area contributed by atoms with Gasteiger partial charge >= 0.3 is 5.97 Å². The molecule has 4 amide bonds. The summed E-state index contributed by atoms with van der Waals surface area (Å²) in [5, 5.41) is 4.93. The number of primary amides is 1. The van der Waals surface area contributed by atoms with E-state index in [1.165, 1.54) is 19.1 Å². The maximum Gasteiger partial charge on any atom is 0.306 e. The summed E-state index contributed by atoms with van der Waals surface area (Å²) in [5.74, 6) is -3.13. The number of amides is 4. The lowest BCUT2D eigenvalue weighted by Crippen LogP contribution is -2.52. The predicted octanol–water partition coefficient (Wildman–Crippen LogP) is 1.000. The van der Waals surface area contributed by atoms with Crippen LogP contribution in [-0.2, 0) is 40.5 Å². The Morgan fingerprint density at radius 3 is 2.30 bits per heavy atom. The molecule has 214 valence electrons. The maximum absolute atomic E-state index is 12.6. The highest BCUT2D eigenvalue weighted by atomic mass is 32.2. The molecule has 2 aromatic carbocycles. The molecule has 1 aliphatic heterocycles. The van der Waals surface area contributed by atoms with Gasteiger partial charge in [-0.25, -0.2) is 12.7 Å². The monoisotopic (exact) mass is 572 g/mol. The van der Waals surface area contributed by atoms with Crippen LogP contribution in [0.25, 0.3) is 0 Å². The zero-order valence-electron chi connectivity index (χ0n) is 22.0. The molecule has 40 heavy (non-hydrogen) atoms. The SMILES string of the molecule is C[C@H](NC(=O)CCCCN1C(=O)c2ccccc2S1(=O)=O)C(=O)N[C@H](CCC(=O)OCc1ccccc1)C(N)=O. The Morgan fingerprint density at radius 1 is 0.950 bits per heavy atom. The number of fused-ring (bicyclic) bond motifs is 1. The summed E-state index contributed by atoms with van der Waals surface area (Å²) >= 11 is 0. The van der Waals surface area contributed by atoms with E-state index in [9.17, 15) is 32.4 Å². The number of rotatable bonds is 14. The van der Waals surface area contributed by atoms with E-state index in [4.69, 9.17) is 10.5 Å². The quantitative estimate of drug-likeness (QED) is 0.221. The molecule has 0 spiro atoms. The van der Waals surface area contributed by atoms with Gasteiger partial charge in [0.15, 0.2) is 0 Å². The minimum absolute atomic E-state index is 0.0147. The van der Waals surface area contributed by atoms with Crippen LogP contribution in [0.2, 0.25) is 0 Å². The van der Waals surface area contributed by atoms with Crippen molar-refractivity contribution in [2.75, 3.05) is 6.54 Å². The van der Waals surface area contributed by atoms with Gasteiger partial charge in [-0.2, -0.15) is 0 Å². The number of unbranched alkanes of at least 4 members (excludes halogenated alkanes) is 1. The van der Waals surface area contributed by atoms with Crippen LogP contribution in [-0.4, -0.2) is 60.9 Å². The average molecular weight is 573 g/mol. The van der Waals surface area contributed by atoms with Gasteiger partial charge in [0.2, 0.25) is 17.7 Å². The number of nitrogens with two attached hydrogens (primary N) is 1. The number of nitrogens with one attached hydrogen (secondary N) is 2. The highest BCUT2D eigenvalue weighted by Gasteiger charge is 2.40. The normalized spacial score (nSPS) is 15.0. The predicted molar refractivity (Wildman–Crippen MR) is 143 cm³/mol. The molecule has 2 aromatic rings. The Morgan fingerprint density at radius 2 is 1.62 bits per heavy atom. The van der Waals surface area contributed by atoms with Gasteiger partial charge in [-0.05, 0) is 43.9 Å². The van der Waals surface area contributed by atoms with Gasteiger partial charge in [0.25, 0.3) is 15.9 Å². The number of benzene rings is 2. The molecule has 0 fully saturated rings. The second kappa shape index (κ2) is 13.7.